The summed E-state index contributed by atoms with van der Waals surface area (Å²) < 4.78 is 2.51. The number of aromatic nitrogens is 2. The number of carboxylic acid groups (broad SMARTS) is 1. The molecule has 1 aromatic carbocycles. The van der Waals surface area contributed by atoms with Crippen molar-refractivity contribution in [1.82, 2.24) is 9.55 Å². The predicted octanol–water partition coefficient (Wildman–Crippen LogP) is 2.84. The predicted molar refractivity (Wildman–Crippen MR) is 76.4 cm³/mol. The Morgan fingerprint density at radius 2 is 2.37 bits per heavy atom. The Morgan fingerprint density at radius 1 is 1.58 bits per heavy atom. The fourth-order valence-electron chi connectivity index (χ4n) is 1.88. The number of benzene rings is 1. The first-order valence-corrected chi connectivity index (χ1v) is 6.61. The van der Waals surface area contributed by atoms with Crippen LogP contribution in [0.1, 0.15) is 17.3 Å². The second-order valence-electron chi connectivity index (χ2n) is 4.27. The molecule has 0 saturated heterocycles. The van der Waals surface area contributed by atoms with Crippen LogP contribution in [0.3, 0.4) is 0 Å². The van der Waals surface area contributed by atoms with Crippen LogP contribution in [-0.2, 0) is 6.54 Å². The molecule has 19 heavy (non-hydrogen) atoms. The van der Waals surface area contributed by atoms with Gasteiger partial charge in [-0.3, -0.25) is 0 Å². The zero-order valence-electron chi connectivity index (χ0n) is 10.4. The van der Waals surface area contributed by atoms with Crippen LogP contribution < -0.4 is 5.32 Å². The molecule has 2 N–H and O–H groups in total. The number of rotatable bonds is 5. The van der Waals surface area contributed by atoms with Gasteiger partial charge in [-0.2, -0.15) is 0 Å². The van der Waals surface area contributed by atoms with E-state index in [1.165, 1.54) is 0 Å². The molecule has 1 heterocycles. The van der Waals surface area contributed by atoms with Gasteiger partial charge in [0.1, 0.15) is 0 Å². The van der Waals surface area contributed by atoms with Crippen molar-refractivity contribution in [1.29, 1.82) is 0 Å². The maximum absolute atomic E-state index is 11.3. The standard InChI is InChI=1S/C13H14BrN3O2/c1-9(7-17-6-5-15-8-17)16-11-4-2-3-10(14)12(11)13(18)19/h2-6,8-9,16H,7H2,1H3,(H,18,19). The smallest absolute Gasteiger partial charge is 0.338 e. The van der Waals surface area contributed by atoms with Gasteiger partial charge in [-0.15, -0.1) is 0 Å². The molecule has 6 heteroatoms. The third-order valence-corrected chi connectivity index (χ3v) is 3.33. The van der Waals surface area contributed by atoms with Gasteiger partial charge in [0.25, 0.3) is 0 Å². The molecule has 1 unspecified atom stereocenters. The van der Waals surface area contributed by atoms with Gasteiger partial charge in [0.05, 0.1) is 17.6 Å². The van der Waals surface area contributed by atoms with Crippen molar-refractivity contribution < 1.29 is 9.90 Å². The lowest BCUT2D eigenvalue weighted by molar-refractivity contribution is 0.0697. The van der Waals surface area contributed by atoms with Crippen molar-refractivity contribution in [3.8, 4) is 0 Å². The molecule has 1 atom stereocenters. The van der Waals surface area contributed by atoms with Gasteiger partial charge >= 0.3 is 5.97 Å². The second-order valence-corrected chi connectivity index (χ2v) is 5.13. The van der Waals surface area contributed by atoms with Gasteiger partial charge in [-0.1, -0.05) is 6.07 Å². The minimum Gasteiger partial charge on any atom is -0.478 e. The number of carbonyl (C=O) groups is 1. The van der Waals surface area contributed by atoms with Crippen molar-refractivity contribution in [2.75, 3.05) is 5.32 Å². The molecule has 0 fully saturated rings. The molecule has 2 aromatic rings. The molecular formula is C13H14BrN3O2. The lowest BCUT2D eigenvalue weighted by Crippen LogP contribution is -2.22. The summed E-state index contributed by atoms with van der Waals surface area (Å²) >= 11 is 3.26. The molecule has 0 aliphatic rings. The Bertz CT molecular complexity index is 569. The Hall–Kier alpha value is -1.82. The molecule has 1 aromatic heterocycles. The van der Waals surface area contributed by atoms with Crippen molar-refractivity contribution in [3.05, 3.63) is 47.0 Å². The van der Waals surface area contributed by atoms with E-state index in [0.717, 1.165) is 0 Å². The number of halogens is 1. The highest BCUT2D eigenvalue weighted by atomic mass is 79.9. The summed E-state index contributed by atoms with van der Waals surface area (Å²) in [6.45, 7) is 2.71. The van der Waals surface area contributed by atoms with Crippen LogP contribution in [0.25, 0.3) is 0 Å². The first-order valence-electron chi connectivity index (χ1n) is 5.82. The van der Waals surface area contributed by atoms with Crippen molar-refractivity contribution in [2.24, 2.45) is 0 Å². The highest BCUT2D eigenvalue weighted by Gasteiger charge is 2.15. The molecule has 0 amide bonds. The third kappa shape index (κ3) is 3.35. The average Bonchev–Trinajstić information content (AvgIpc) is 2.81. The summed E-state index contributed by atoms with van der Waals surface area (Å²) in [5, 5.41) is 12.4. The maximum atomic E-state index is 11.3. The fraction of sp³-hybridized carbons (Fsp3) is 0.231. The minimum atomic E-state index is -0.954. The topological polar surface area (TPSA) is 67.2 Å². The lowest BCUT2D eigenvalue weighted by Gasteiger charge is -2.17. The molecule has 100 valence electrons. The summed E-state index contributed by atoms with van der Waals surface area (Å²) in [6.07, 6.45) is 5.32. The summed E-state index contributed by atoms with van der Waals surface area (Å²) in [6, 6.07) is 5.37. The summed E-state index contributed by atoms with van der Waals surface area (Å²) in [5.41, 5.74) is 0.856. The number of hydrogen-bond acceptors (Lipinski definition) is 3. The highest BCUT2D eigenvalue weighted by molar-refractivity contribution is 9.10. The zero-order valence-corrected chi connectivity index (χ0v) is 12.0. The van der Waals surface area contributed by atoms with Crippen LogP contribution in [0, 0.1) is 0 Å². The molecule has 5 nitrogen and oxygen atoms in total. The molecule has 0 saturated carbocycles. The van der Waals surface area contributed by atoms with E-state index in [1.54, 1.807) is 24.7 Å². The molecule has 2 rings (SSSR count). The fourth-order valence-corrected chi connectivity index (χ4v) is 2.42. The van der Waals surface area contributed by atoms with Crippen LogP contribution in [0.15, 0.2) is 41.4 Å². The van der Waals surface area contributed by atoms with E-state index in [0.29, 0.717) is 16.7 Å². The Labute approximate surface area is 119 Å². The maximum Gasteiger partial charge on any atom is 0.338 e. The Balaban J connectivity index is 2.14. The lowest BCUT2D eigenvalue weighted by atomic mass is 10.1. The van der Waals surface area contributed by atoms with Gasteiger partial charge in [0.15, 0.2) is 0 Å². The van der Waals surface area contributed by atoms with Gasteiger partial charge in [-0.25, -0.2) is 9.78 Å². The van der Waals surface area contributed by atoms with Gasteiger partial charge in [0, 0.05) is 29.5 Å². The van der Waals surface area contributed by atoms with E-state index in [1.807, 2.05) is 23.8 Å². The van der Waals surface area contributed by atoms with E-state index in [-0.39, 0.29) is 11.6 Å². The van der Waals surface area contributed by atoms with E-state index in [9.17, 15) is 9.90 Å². The first kappa shape index (κ1) is 13.6. The van der Waals surface area contributed by atoms with Crippen LogP contribution >= 0.6 is 15.9 Å². The summed E-state index contributed by atoms with van der Waals surface area (Å²) in [7, 11) is 0. The normalized spacial score (nSPS) is 12.1. The molecule has 0 radical (unpaired) electrons. The van der Waals surface area contributed by atoms with Crippen molar-refractivity contribution in [2.45, 2.75) is 19.5 Å². The molecule has 0 spiro atoms. The monoisotopic (exact) mass is 323 g/mol. The Morgan fingerprint density at radius 3 is 3.00 bits per heavy atom. The molecule has 0 aliphatic heterocycles. The van der Waals surface area contributed by atoms with Crippen molar-refractivity contribution in [3.63, 3.8) is 0 Å². The number of aromatic carboxylic acids is 1. The van der Waals surface area contributed by atoms with Crippen LogP contribution in [-0.4, -0.2) is 26.7 Å². The highest BCUT2D eigenvalue weighted by Crippen LogP contribution is 2.25. The first-order chi connectivity index (χ1) is 9.08. The number of carboxylic acids is 1. The number of nitrogens with zero attached hydrogens (tertiary/aromatic N) is 2. The van der Waals surface area contributed by atoms with E-state index >= 15 is 0 Å². The average molecular weight is 324 g/mol. The minimum absolute atomic E-state index is 0.0848. The zero-order chi connectivity index (χ0) is 13.8. The molecule has 0 aliphatic carbocycles. The Kier molecular flexibility index (Phi) is 4.21. The number of anilines is 1. The quantitative estimate of drug-likeness (QED) is 0.887. The van der Waals surface area contributed by atoms with E-state index in [2.05, 4.69) is 26.2 Å². The SMILES string of the molecule is CC(Cn1ccnc1)Nc1cccc(Br)c1C(=O)O. The van der Waals surface area contributed by atoms with Gasteiger partial charge in [-0.05, 0) is 35.0 Å². The number of hydrogen-bond donors (Lipinski definition) is 2. The van der Waals surface area contributed by atoms with Crippen LogP contribution in [0.2, 0.25) is 0 Å². The van der Waals surface area contributed by atoms with Crippen LogP contribution in [0.5, 0.6) is 0 Å². The van der Waals surface area contributed by atoms with Gasteiger partial charge in [0.2, 0.25) is 0 Å². The second kappa shape index (κ2) is 5.88. The van der Waals surface area contributed by atoms with Gasteiger partial charge < -0.3 is 15.0 Å². The number of imidazole rings is 1. The largest absolute Gasteiger partial charge is 0.478 e. The summed E-state index contributed by atoms with van der Waals surface area (Å²) in [4.78, 5) is 15.2. The van der Waals surface area contributed by atoms with E-state index < -0.39 is 5.97 Å². The molecular weight excluding hydrogens is 310 g/mol. The third-order valence-electron chi connectivity index (χ3n) is 2.67. The summed E-state index contributed by atoms with van der Waals surface area (Å²) in [5.74, 6) is -0.954. The van der Waals surface area contributed by atoms with Crippen LogP contribution in [0.4, 0.5) is 5.69 Å². The van der Waals surface area contributed by atoms with Crippen molar-refractivity contribution >= 4 is 27.6 Å². The molecule has 0 bridgehead atoms. The number of nitrogens with one attached hydrogen (secondary N) is 1. The van der Waals surface area contributed by atoms with E-state index in [4.69, 9.17) is 0 Å².